The summed E-state index contributed by atoms with van der Waals surface area (Å²) in [4.78, 5) is 138. The van der Waals surface area contributed by atoms with Crippen LogP contribution in [0.5, 0.6) is 5.75 Å². The molecule has 400 valence electrons. The number of aliphatic hydroxyl groups excluding tert-OH is 3. The van der Waals surface area contributed by atoms with Crippen LogP contribution in [0.15, 0.2) is 36.8 Å². The SMILES string of the molecule is CC(C)C[C@H](NC(=O)[C@H](Cc1cnc[nH]1)NC(=O)[C@H](CC(N)=O)NC(=O)[C@@H](NC(=O)[C@H](CO)NC(=O)[C@H](Cc1ccc(O)cc1)NC(=O)[C@H](CO)NC(=O)[C@H](C)NC(=O)[C@@H](N)CCCCN)[C@@H](C)O)C(=O)O. The number of H-pyrrole nitrogens is 1. The van der Waals surface area contributed by atoms with E-state index in [4.69, 9.17) is 17.2 Å². The Labute approximate surface area is 414 Å². The van der Waals surface area contributed by atoms with Crippen molar-refractivity contribution in [1.82, 2.24) is 52.5 Å². The molecule has 0 aliphatic carbocycles. The molecule has 0 bridgehead atoms. The summed E-state index contributed by atoms with van der Waals surface area (Å²) >= 11 is 0. The fourth-order valence-corrected chi connectivity index (χ4v) is 6.73. The number of aromatic nitrogens is 2. The summed E-state index contributed by atoms with van der Waals surface area (Å²) in [5.74, 6) is -11.3. The maximum absolute atomic E-state index is 13.8. The van der Waals surface area contributed by atoms with E-state index in [0.29, 0.717) is 30.6 Å². The quantitative estimate of drug-likeness (QED) is 0.0303. The molecular formula is C44H69N13O15. The molecule has 9 amide bonds. The van der Waals surface area contributed by atoms with Gasteiger partial charge in [0.25, 0.3) is 0 Å². The first-order valence-electron chi connectivity index (χ1n) is 23.0. The Hall–Kier alpha value is -7.27. The fraction of sp³-hybridized carbons (Fsp3) is 0.568. The minimum atomic E-state index is -1.97. The average molecular weight is 1020 g/mol. The van der Waals surface area contributed by atoms with Gasteiger partial charge in [-0.1, -0.05) is 32.4 Å². The molecule has 1 aromatic heterocycles. The molecule has 0 saturated heterocycles. The Bertz CT molecular complexity index is 2140. The zero-order valence-corrected chi connectivity index (χ0v) is 40.4. The lowest BCUT2D eigenvalue weighted by atomic mass is 10.0. The number of rotatable bonds is 32. The summed E-state index contributed by atoms with van der Waals surface area (Å²) in [6, 6.07) is -8.82. The molecular weight excluding hydrogens is 951 g/mol. The van der Waals surface area contributed by atoms with Crippen LogP contribution in [-0.2, 0) is 60.8 Å². The minimum Gasteiger partial charge on any atom is -0.508 e. The molecule has 28 nitrogen and oxygen atoms in total. The number of nitrogens with one attached hydrogen (secondary N) is 9. The van der Waals surface area contributed by atoms with Crippen LogP contribution >= 0.6 is 0 Å². The molecule has 0 unspecified atom stereocenters. The number of primary amides is 1. The summed E-state index contributed by atoms with van der Waals surface area (Å²) in [5, 5.41) is 68.8. The van der Waals surface area contributed by atoms with Gasteiger partial charge in [0.1, 0.15) is 54.1 Å². The largest absolute Gasteiger partial charge is 0.508 e. The molecule has 0 saturated carbocycles. The van der Waals surface area contributed by atoms with Crippen molar-refractivity contribution in [3.63, 3.8) is 0 Å². The normalized spacial score (nSPS) is 15.3. The van der Waals surface area contributed by atoms with Crippen LogP contribution < -0.4 is 59.7 Å². The average Bonchev–Trinajstić information content (AvgIpc) is 3.83. The summed E-state index contributed by atoms with van der Waals surface area (Å²) in [6.45, 7) is 4.06. The van der Waals surface area contributed by atoms with Crippen LogP contribution in [-0.4, -0.2) is 175 Å². The predicted molar refractivity (Wildman–Crippen MR) is 253 cm³/mol. The Kier molecular flexibility index (Phi) is 25.7. The number of aliphatic hydroxyl groups is 3. The van der Waals surface area contributed by atoms with Crippen molar-refractivity contribution in [2.75, 3.05) is 19.8 Å². The number of imidazole rings is 1. The number of carboxylic acid groups (broad SMARTS) is 1. The number of phenolic OH excluding ortho intramolecular Hbond substituents is 1. The number of aliphatic carboxylic acids is 1. The maximum atomic E-state index is 13.8. The molecule has 28 heteroatoms. The third-order valence-electron chi connectivity index (χ3n) is 10.7. The molecule has 1 heterocycles. The number of nitrogens with two attached hydrogens (primary N) is 3. The second kappa shape index (κ2) is 30.5. The number of aromatic hydroxyl groups is 1. The van der Waals surface area contributed by atoms with Crippen molar-refractivity contribution in [1.29, 1.82) is 0 Å². The highest BCUT2D eigenvalue weighted by molar-refractivity contribution is 5.99. The number of carbonyl (C=O) groups excluding carboxylic acids is 9. The summed E-state index contributed by atoms with van der Waals surface area (Å²) < 4.78 is 0. The molecule has 72 heavy (non-hydrogen) atoms. The molecule has 0 aliphatic heterocycles. The fourth-order valence-electron chi connectivity index (χ4n) is 6.73. The highest BCUT2D eigenvalue weighted by Crippen LogP contribution is 2.13. The number of amides is 9. The first kappa shape index (κ1) is 60.9. The first-order valence-corrected chi connectivity index (χ1v) is 23.0. The van der Waals surface area contributed by atoms with Crippen molar-refractivity contribution in [3.8, 4) is 5.75 Å². The molecule has 1 aromatic carbocycles. The van der Waals surface area contributed by atoms with Crippen LogP contribution in [0.4, 0.5) is 0 Å². The number of carbonyl (C=O) groups is 10. The van der Waals surface area contributed by atoms with Crippen LogP contribution in [0.3, 0.4) is 0 Å². The lowest BCUT2D eigenvalue weighted by Gasteiger charge is -2.28. The van der Waals surface area contributed by atoms with E-state index in [1.165, 1.54) is 43.7 Å². The van der Waals surface area contributed by atoms with Gasteiger partial charge in [-0.3, -0.25) is 43.2 Å². The Morgan fingerprint density at radius 1 is 0.639 bits per heavy atom. The number of unbranched alkanes of at least 4 members (excludes halogenated alkanes) is 1. The number of phenols is 1. The van der Waals surface area contributed by atoms with Gasteiger partial charge in [0.15, 0.2) is 0 Å². The molecule has 2 rings (SSSR count). The molecule has 10 atom stereocenters. The van der Waals surface area contributed by atoms with Gasteiger partial charge in [-0.15, -0.1) is 0 Å². The van der Waals surface area contributed by atoms with E-state index in [9.17, 15) is 73.5 Å². The molecule has 0 spiro atoms. The summed E-state index contributed by atoms with van der Waals surface area (Å²) in [6.07, 6.45) is 0.839. The van der Waals surface area contributed by atoms with Crippen molar-refractivity contribution in [2.24, 2.45) is 23.1 Å². The molecule has 0 fully saturated rings. The lowest BCUT2D eigenvalue weighted by Crippen LogP contribution is -2.63. The van der Waals surface area contributed by atoms with E-state index in [0.717, 1.165) is 6.92 Å². The van der Waals surface area contributed by atoms with Gasteiger partial charge < -0.3 is 90.3 Å². The van der Waals surface area contributed by atoms with Gasteiger partial charge in [0.05, 0.1) is 38.1 Å². The van der Waals surface area contributed by atoms with E-state index in [1.54, 1.807) is 13.8 Å². The zero-order chi connectivity index (χ0) is 54.2. The third-order valence-corrected chi connectivity index (χ3v) is 10.7. The Morgan fingerprint density at radius 3 is 1.64 bits per heavy atom. The van der Waals surface area contributed by atoms with Gasteiger partial charge in [0.2, 0.25) is 53.2 Å². The zero-order valence-electron chi connectivity index (χ0n) is 40.4. The van der Waals surface area contributed by atoms with Gasteiger partial charge >= 0.3 is 5.97 Å². The standard InChI is InChI=1S/C44H69N13O15/c1-21(2)13-31(44(71)72)54-39(66)29(15-25-17-48-20-49-25)52-40(67)30(16-34(47)62)53-43(70)35(23(4)60)57-42(69)33(19-59)56-38(65)28(14-24-8-10-26(61)11-9-24)51-41(68)32(18-58)55-36(63)22(3)50-37(64)27(46)7-5-6-12-45/h8-11,17,20-23,27-33,35,58-61H,5-7,12-16,18-19,45-46H2,1-4H3,(H2,47,62)(H,48,49)(H,50,64)(H,51,68)(H,52,67)(H,53,70)(H,54,66)(H,55,63)(H,56,65)(H,57,69)(H,71,72)/t22-,23+,27-,28-,29-,30-,31-,32-,33-,35-/m0/s1. The van der Waals surface area contributed by atoms with Crippen molar-refractivity contribution in [3.05, 3.63) is 48.0 Å². The van der Waals surface area contributed by atoms with Crippen LogP contribution in [0.25, 0.3) is 0 Å². The van der Waals surface area contributed by atoms with Crippen LogP contribution in [0.2, 0.25) is 0 Å². The Morgan fingerprint density at radius 2 is 1.14 bits per heavy atom. The summed E-state index contributed by atoms with van der Waals surface area (Å²) in [7, 11) is 0. The lowest BCUT2D eigenvalue weighted by molar-refractivity contribution is -0.143. The maximum Gasteiger partial charge on any atom is 0.326 e. The number of nitrogens with zero attached hydrogens (tertiary/aromatic N) is 1. The monoisotopic (exact) mass is 1020 g/mol. The van der Waals surface area contributed by atoms with E-state index in [-0.39, 0.29) is 37.4 Å². The number of aromatic amines is 1. The van der Waals surface area contributed by atoms with E-state index < -0.39 is 139 Å². The highest BCUT2D eigenvalue weighted by Gasteiger charge is 2.36. The summed E-state index contributed by atoms with van der Waals surface area (Å²) in [5.41, 5.74) is 17.4. The second-order valence-corrected chi connectivity index (χ2v) is 17.4. The number of hydrogen-bond acceptors (Lipinski definition) is 17. The third kappa shape index (κ3) is 21.0. The van der Waals surface area contributed by atoms with Gasteiger partial charge in [0, 0.05) is 24.7 Å². The molecule has 0 radical (unpaired) electrons. The molecule has 2 aromatic rings. The number of carboxylic acids is 1. The second-order valence-electron chi connectivity index (χ2n) is 17.4. The molecule has 20 N–H and O–H groups in total. The van der Waals surface area contributed by atoms with Crippen LogP contribution in [0.1, 0.15) is 71.1 Å². The van der Waals surface area contributed by atoms with E-state index in [2.05, 4.69) is 52.5 Å². The van der Waals surface area contributed by atoms with Gasteiger partial charge in [-0.05, 0) is 63.3 Å². The highest BCUT2D eigenvalue weighted by atomic mass is 16.4. The van der Waals surface area contributed by atoms with Crippen molar-refractivity contribution >= 4 is 59.1 Å². The Balaban J connectivity index is 2.30. The van der Waals surface area contributed by atoms with E-state index >= 15 is 0 Å². The topological polar surface area (TPSA) is 475 Å². The van der Waals surface area contributed by atoms with Gasteiger partial charge in [-0.2, -0.15) is 0 Å². The smallest absolute Gasteiger partial charge is 0.326 e. The van der Waals surface area contributed by atoms with E-state index in [1.807, 2.05) is 0 Å². The minimum absolute atomic E-state index is 0.0275. The van der Waals surface area contributed by atoms with Crippen molar-refractivity contribution in [2.45, 2.75) is 133 Å². The number of hydrogen-bond donors (Lipinski definition) is 17. The van der Waals surface area contributed by atoms with Crippen molar-refractivity contribution < 1.29 is 73.5 Å². The van der Waals surface area contributed by atoms with Crippen LogP contribution in [0, 0.1) is 5.92 Å². The van der Waals surface area contributed by atoms with Gasteiger partial charge in [-0.25, -0.2) is 9.78 Å². The first-order chi connectivity index (χ1) is 33.9. The predicted octanol–water partition coefficient (Wildman–Crippen LogP) is -6.37. The number of benzene rings is 1. The molecule has 0 aliphatic rings.